The summed E-state index contributed by atoms with van der Waals surface area (Å²) in [6.07, 6.45) is -4.43. The molecule has 3 rings (SSSR count). The zero-order chi connectivity index (χ0) is 20.5. The Morgan fingerprint density at radius 1 is 1.07 bits per heavy atom. The van der Waals surface area contributed by atoms with Crippen molar-refractivity contribution in [1.29, 1.82) is 0 Å². The van der Waals surface area contributed by atoms with Gasteiger partial charge in [-0.15, -0.1) is 5.10 Å². The molecule has 0 spiro atoms. The molecule has 1 aromatic heterocycles. The van der Waals surface area contributed by atoms with Gasteiger partial charge >= 0.3 is 6.18 Å². The summed E-state index contributed by atoms with van der Waals surface area (Å²) >= 11 is 0. The van der Waals surface area contributed by atoms with Gasteiger partial charge in [0.05, 0.1) is 10.5 Å². The number of nitrogens with zero attached hydrogens (tertiary/aromatic N) is 4. The first-order chi connectivity index (χ1) is 13.1. The van der Waals surface area contributed by atoms with E-state index in [1.165, 1.54) is 42.1 Å². The standard InChI is InChI=1S/C16H15F3N6O2S/c1-20-28(26,27)12-7-8-14(13(9-12)15-22-23-24-25(15)2)21-11-5-3-10(4-6-11)16(17,18)19/h3-9,20-21H,1-2H3. The second kappa shape index (κ2) is 7.20. The molecule has 2 aromatic carbocycles. The Bertz CT molecular complexity index is 1090. The van der Waals surface area contributed by atoms with Gasteiger partial charge in [0.15, 0.2) is 5.82 Å². The van der Waals surface area contributed by atoms with E-state index in [9.17, 15) is 21.6 Å². The average Bonchev–Trinajstić information content (AvgIpc) is 3.07. The van der Waals surface area contributed by atoms with Crippen molar-refractivity contribution in [3.05, 3.63) is 48.0 Å². The molecule has 0 atom stereocenters. The fraction of sp³-hybridized carbons (Fsp3) is 0.188. The molecule has 0 aliphatic rings. The van der Waals surface area contributed by atoms with Crippen LogP contribution in [0.3, 0.4) is 0 Å². The average molecular weight is 412 g/mol. The van der Waals surface area contributed by atoms with E-state index < -0.39 is 21.8 Å². The van der Waals surface area contributed by atoms with Crippen LogP contribution < -0.4 is 10.0 Å². The molecule has 3 aromatic rings. The van der Waals surface area contributed by atoms with E-state index >= 15 is 0 Å². The van der Waals surface area contributed by atoms with E-state index in [1.807, 2.05) is 0 Å². The summed E-state index contributed by atoms with van der Waals surface area (Å²) in [4.78, 5) is -0.00836. The van der Waals surface area contributed by atoms with Crippen molar-refractivity contribution in [2.45, 2.75) is 11.1 Å². The monoisotopic (exact) mass is 412 g/mol. The molecule has 0 unspecified atom stereocenters. The number of benzene rings is 2. The fourth-order valence-corrected chi connectivity index (χ4v) is 3.21. The third-order valence-electron chi connectivity index (χ3n) is 3.92. The molecule has 0 saturated heterocycles. The third kappa shape index (κ3) is 3.97. The Kier molecular flexibility index (Phi) is 5.08. The molecular formula is C16H15F3N6O2S. The summed E-state index contributed by atoms with van der Waals surface area (Å²) in [5, 5.41) is 14.1. The molecule has 148 valence electrons. The fourth-order valence-electron chi connectivity index (χ4n) is 2.46. The lowest BCUT2D eigenvalue weighted by atomic mass is 10.1. The van der Waals surface area contributed by atoms with Gasteiger partial charge in [0.25, 0.3) is 0 Å². The predicted molar refractivity (Wildman–Crippen MR) is 95.2 cm³/mol. The van der Waals surface area contributed by atoms with Gasteiger partial charge in [-0.25, -0.2) is 17.8 Å². The van der Waals surface area contributed by atoms with Crippen LogP contribution in [0, 0.1) is 0 Å². The highest BCUT2D eigenvalue weighted by molar-refractivity contribution is 7.89. The van der Waals surface area contributed by atoms with Gasteiger partial charge < -0.3 is 5.32 Å². The van der Waals surface area contributed by atoms with Gasteiger partial charge in [0, 0.05) is 24.0 Å². The second-order valence-corrected chi connectivity index (χ2v) is 7.63. The molecule has 1 heterocycles. The molecular weight excluding hydrogens is 397 g/mol. The van der Waals surface area contributed by atoms with Crippen molar-refractivity contribution in [3.8, 4) is 11.4 Å². The number of hydrogen-bond donors (Lipinski definition) is 2. The Morgan fingerprint density at radius 3 is 2.29 bits per heavy atom. The van der Waals surface area contributed by atoms with Crippen LogP contribution in [0.2, 0.25) is 0 Å². The van der Waals surface area contributed by atoms with Crippen LogP contribution in [-0.4, -0.2) is 35.7 Å². The SMILES string of the molecule is CNS(=O)(=O)c1ccc(Nc2ccc(C(F)(F)F)cc2)c(-c2nnnn2C)c1. The Balaban J connectivity index is 2.04. The molecule has 0 bridgehead atoms. The van der Waals surface area contributed by atoms with E-state index in [2.05, 4.69) is 25.6 Å². The van der Waals surface area contributed by atoms with E-state index in [0.29, 0.717) is 16.9 Å². The van der Waals surface area contributed by atoms with Crippen LogP contribution in [0.25, 0.3) is 11.4 Å². The van der Waals surface area contributed by atoms with Gasteiger partial charge in [-0.05, 0) is 59.9 Å². The topological polar surface area (TPSA) is 102 Å². The lowest BCUT2D eigenvalue weighted by Gasteiger charge is -2.14. The maximum Gasteiger partial charge on any atom is 0.416 e. The Morgan fingerprint density at radius 2 is 1.75 bits per heavy atom. The second-order valence-electron chi connectivity index (χ2n) is 5.74. The van der Waals surface area contributed by atoms with Crippen molar-refractivity contribution in [1.82, 2.24) is 24.9 Å². The van der Waals surface area contributed by atoms with Crippen molar-refractivity contribution >= 4 is 21.4 Å². The zero-order valence-corrected chi connectivity index (χ0v) is 15.5. The van der Waals surface area contributed by atoms with E-state index in [0.717, 1.165) is 12.1 Å². The van der Waals surface area contributed by atoms with Crippen LogP contribution in [0.15, 0.2) is 47.4 Å². The number of sulfonamides is 1. The first-order valence-electron chi connectivity index (χ1n) is 7.86. The van der Waals surface area contributed by atoms with Gasteiger partial charge in [-0.1, -0.05) is 0 Å². The van der Waals surface area contributed by atoms with E-state index in [-0.39, 0.29) is 10.7 Å². The summed E-state index contributed by atoms with van der Waals surface area (Å²) in [5.41, 5.74) is 0.399. The number of nitrogens with one attached hydrogen (secondary N) is 2. The van der Waals surface area contributed by atoms with Crippen molar-refractivity contribution in [3.63, 3.8) is 0 Å². The largest absolute Gasteiger partial charge is 0.416 e. The Hall–Kier alpha value is -2.99. The van der Waals surface area contributed by atoms with Crippen LogP contribution in [0.5, 0.6) is 0 Å². The number of tetrazole rings is 1. The van der Waals surface area contributed by atoms with E-state index in [4.69, 9.17) is 0 Å². The van der Waals surface area contributed by atoms with Crippen LogP contribution in [0.4, 0.5) is 24.5 Å². The summed E-state index contributed by atoms with van der Waals surface area (Å²) < 4.78 is 66.0. The van der Waals surface area contributed by atoms with Crippen molar-refractivity contribution in [2.24, 2.45) is 7.05 Å². The molecule has 0 amide bonds. The molecule has 8 nitrogen and oxygen atoms in total. The number of aryl methyl sites for hydroxylation is 1. The minimum absolute atomic E-state index is 0.00836. The number of alkyl halides is 3. The van der Waals surface area contributed by atoms with Crippen LogP contribution >= 0.6 is 0 Å². The summed E-state index contributed by atoms with van der Waals surface area (Å²) in [5.74, 6) is 0.280. The number of anilines is 2. The van der Waals surface area contributed by atoms with Crippen LogP contribution in [-0.2, 0) is 23.2 Å². The summed E-state index contributed by atoms with van der Waals surface area (Å²) in [6, 6.07) is 8.69. The van der Waals surface area contributed by atoms with Gasteiger partial charge in [0.1, 0.15) is 0 Å². The maximum atomic E-state index is 12.7. The quantitative estimate of drug-likeness (QED) is 0.668. The minimum atomic E-state index is -4.43. The number of aromatic nitrogens is 4. The highest BCUT2D eigenvalue weighted by Crippen LogP contribution is 2.33. The number of rotatable bonds is 5. The van der Waals surface area contributed by atoms with Crippen LogP contribution in [0.1, 0.15) is 5.56 Å². The lowest BCUT2D eigenvalue weighted by Crippen LogP contribution is -2.18. The first-order valence-corrected chi connectivity index (χ1v) is 9.35. The van der Waals surface area contributed by atoms with Crippen molar-refractivity contribution < 1.29 is 21.6 Å². The maximum absolute atomic E-state index is 12.7. The van der Waals surface area contributed by atoms with Crippen molar-refractivity contribution in [2.75, 3.05) is 12.4 Å². The number of hydrogen-bond acceptors (Lipinski definition) is 6. The Labute approximate surface area is 158 Å². The van der Waals surface area contributed by atoms with E-state index in [1.54, 1.807) is 7.05 Å². The molecule has 0 aliphatic carbocycles. The zero-order valence-electron chi connectivity index (χ0n) is 14.7. The third-order valence-corrected chi connectivity index (χ3v) is 5.33. The molecule has 0 fully saturated rings. The minimum Gasteiger partial charge on any atom is -0.355 e. The molecule has 28 heavy (non-hydrogen) atoms. The highest BCUT2D eigenvalue weighted by atomic mass is 32.2. The molecule has 0 saturated carbocycles. The summed E-state index contributed by atoms with van der Waals surface area (Å²) in [6.45, 7) is 0. The summed E-state index contributed by atoms with van der Waals surface area (Å²) in [7, 11) is -0.852. The molecule has 0 radical (unpaired) electrons. The lowest BCUT2D eigenvalue weighted by molar-refractivity contribution is -0.137. The van der Waals surface area contributed by atoms with Gasteiger partial charge in [0.2, 0.25) is 10.0 Å². The molecule has 0 aliphatic heterocycles. The first kappa shape index (κ1) is 19.8. The van der Waals surface area contributed by atoms with Gasteiger partial charge in [-0.2, -0.15) is 13.2 Å². The predicted octanol–water partition coefficient (Wildman–Crippen LogP) is 2.55. The highest BCUT2D eigenvalue weighted by Gasteiger charge is 2.30. The van der Waals surface area contributed by atoms with Gasteiger partial charge in [-0.3, -0.25) is 0 Å². The molecule has 2 N–H and O–H groups in total. The normalized spacial score (nSPS) is 12.2. The molecule has 12 heteroatoms. The number of halogens is 3. The smallest absolute Gasteiger partial charge is 0.355 e.